The van der Waals surface area contributed by atoms with E-state index in [1.807, 2.05) is 13.8 Å². The third-order valence-electron chi connectivity index (χ3n) is 6.66. The molecule has 3 unspecified atom stereocenters. The second-order valence-electron chi connectivity index (χ2n) is 11.3. The van der Waals surface area contributed by atoms with Crippen molar-refractivity contribution in [2.24, 2.45) is 5.92 Å². The summed E-state index contributed by atoms with van der Waals surface area (Å²) in [5.74, 6) is -1.85. The Balaban J connectivity index is 3.47. The number of nitrogens with zero attached hydrogens (tertiary/aromatic N) is 1. The maximum absolute atomic E-state index is 14.3. The quantitative estimate of drug-likeness (QED) is 0.170. The summed E-state index contributed by atoms with van der Waals surface area (Å²) in [6.07, 6.45) is 4.41. The summed E-state index contributed by atoms with van der Waals surface area (Å²) in [6.45, 7) is 13.3. The lowest BCUT2D eigenvalue weighted by Crippen LogP contribution is -2.55. The van der Waals surface area contributed by atoms with E-state index in [-0.39, 0.29) is 43.3 Å². The summed E-state index contributed by atoms with van der Waals surface area (Å²) in [7, 11) is 0. The molecular weight excluding hydrogens is 526 g/mol. The predicted molar refractivity (Wildman–Crippen MR) is 158 cm³/mol. The van der Waals surface area contributed by atoms with E-state index in [2.05, 4.69) is 17.6 Å². The van der Waals surface area contributed by atoms with Gasteiger partial charge >= 0.3 is 12.1 Å². The highest BCUT2D eigenvalue weighted by molar-refractivity contribution is 5.92. The van der Waals surface area contributed by atoms with Gasteiger partial charge in [-0.2, -0.15) is 0 Å². The average molecular weight is 578 g/mol. The third-order valence-corrected chi connectivity index (χ3v) is 6.66. The van der Waals surface area contributed by atoms with Crippen molar-refractivity contribution in [2.45, 2.75) is 111 Å². The molecule has 0 radical (unpaired) electrons. The molecular formula is C31H51N3O7. The van der Waals surface area contributed by atoms with Crippen LogP contribution in [0.4, 0.5) is 4.79 Å². The van der Waals surface area contributed by atoms with Crippen LogP contribution < -0.4 is 10.6 Å². The molecule has 41 heavy (non-hydrogen) atoms. The van der Waals surface area contributed by atoms with E-state index in [4.69, 9.17) is 9.47 Å². The highest BCUT2D eigenvalue weighted by atomic mass is 16.6. The molecule has 0 saturated carbocycles. The number of unbranched alkanes of at least 4 members (excludes halogenated alkanes) is 4. The van der Waals surface area contributed by atoms with Crippen LogP contribution in [0.3, 0.4) is 0 Å². The zero-order valence-electron chi connectivity index (χ0n) is 26.0. The molecule has 1 rings (SSSR count). The lowest BCUT2D eigenvalue weighted by atomic mass is 9.95. The van der Waals surface area contributed by atoms with Crippen molar-refractivity contribution in [1.82, 2.24) is 15.5 Å². The van der Waals surface area contributed by atoms with Gasteiger partial charge in [0.1, 0.15) is 23.4 Å². The number of nitrogens with one attached hydrogen (secondary N) is 2. The maximum Gasteiger partial charge on any atom is 0.408 e. The molecule has 0 aromatic heterocycles. The zero-order chi connectivity index (χ0) is 31.0. The first-order valence-electron chi connectivity index (χ1n) is 14.9. The normalized spacial score (nSPS) is 13.4. The summed E-state index contributed by atoms with van der Waals surface area (Å²) in [5.41, 5.74) is -0.508. The fourth-order valence-corrected chi connectivity index (χ4v) is 4.34. The van der Waals surface area contributed by atoms with Crippen molar-refractivity contribution >= 4 is 23.9 Å². The first-order chi connectivity index (χ1) is 19.4. The van der Waals surface area contributed by atoms with E-state index in [1.165, 1.54) is 11.0 Å². The van der Waals surface area contributed by atoms with Crippen molar-refractivity contribution < 1.29 is 33.8 Å². The number of alkyl carbamates (subject to hydrolysis) is 1. The lowest BCUT2D eigenvalue weighted by Gasteiger charge is -2.36. The minimum Gasteiger partial charge on any atom is -0.508 e. The minimum absolute atomic E-state index is 0.00520. The predicted octanol–water partition coefficient (Wildman–Crippen LogP) is 5.24. The number of hydrogen-bond donors (Lipinski definition) is 3. The maximum atomic E-state index is 14.3. The number of amides is 3. The SMILES string of the molecule is CCCCCCCN(C(=O)C(NC(=O)OC(C)(C)C)C(C)CC)C(C(=O)NCCC(=O)OCC)c1ccccc1O. The van der Waals surface area contributed by atoms with Crippen molar-refractivity contribution in [3.05, 3.63) is 29.8 Å². The van der Waals surface area contributed by atoms with Crippen LogP contribution in [0.15, 0.2) is 24.3 Å². The van der Waals surface area contributed by atoms with Gasteiger partial charge in [0.15, 0.2) is 0 Å². The molecule has 1 aromatic carbocycles. The Morgan fingerprint density at radius 3 is 2.24 bits per heavy atom. The molecule has 0 bridgehead atoms. The van der Waals surface area contributed by atoms with Crippen LogP contribution in [0, 0.1) is 5.92 Å². The number of carbonyl (C=O) groups excluding carboxylic acids is 4. The first kappa shape index (κ1) is 35.7. The van der Waals surface area contributed by atoms with Crippen molar-refractivity contribution in [3.63, 3.8) is 0 Å². The number of aromatic hydroxyl groups is 1. The highest BCUT2D eigenvalue weighted by Crippen LogP contribution is 2.31. The molecule has 0 aliphatic rings. The molecule has 0 aliphatic carbocycles. The molecule has 3 amide bonds. The number of esters is 1. The van der Waals surface area contributed by atoms with Gasteiger partial charge in [-0.1, -0.05) is 71.1 Å². The van der Waals surface area contributed by atoms with Gasteiger partial charge in [0.2, 0.25) is 11.8 Å². The van der Waals surface area contributed by atoms with Crippen molar-refractivity contribution in [1.29, 1.82) is 0 Å². The monoisotopic (exact) mass is 577 g/mol. The summed E-state index contributed by atoms with van der Waals surface area (Å²) >= 11 is 0. The molecule has 0 fully saturated rings. The highest BCUT2D eigenvalue weighted by Gasteiger charge is 2.38. The molecule has 10 nitrogen and oxygen atoms in total. The molecule has 0 spiro atoms. The minimum atomic E-state index is -1.19. The van der Waals surface area contributed by atoms with Crippen LogP contribution in [0.5, 0.6) is 5.75 Å². The van der Waals surface area contributed by atoms with Gasteiger partial charge in [-0.25, -0.2) is 4.79 Å². The molecule has 0 aliphatic heterocycles. The number of benzene rings is 1. The van der Waals surface area contributed by atoms with Crippen LogP contribution in [0.25, 0.3) is 0 Å². The van der Waals surface area contributed by atoms with E-state index in [0.29, 0.717) is 12.8 Å². The Hall–Kier alpha value is -3.30. The topological polar surface area (TPSA) is 134 Å². The number of rotatable bonds is 17. The Bertz CT molecular complexity index is 977. The number of phenols is 1. The van der Waals surface area contributed by atoms with Gasteiger partial charge in [0, 0.05) is 18.7 Å². The standard InChI is InChI=1S/C31H51N3O7/c1-8-11-12-13-16-21-34(29(38)26(22(4)9-2)33-30(39)41-31(5,6)7)27(23-17-14-15-18-24(23)35)28(37)32-20-19-25(36)40-10-3/h14-15,17-18,22,26-27,35H,8-13,16,19-21H2,1-7H3,(H,32,37)(H,33,39). The zero-order valence-corrected chi connectivity index (χ0v) is 26.0. The molecule has 0 heterocycles. The van der Waals surface area contributed by atoms with Gasteiger partial charge < -0.3 is 30.1 Å². The number of ether oxygens (including phenoxy) is 2. The molecule has 10 heteroatoms. The Morgan fingerprint density at radius 2 is 1.66 bits per heavy atom. The lowest BCUT2D eigenvalue weighted by molar-refractivity contribution is -0.145. The molecule has 3 N–H and O–H groups in total. The van der Waals surface area contributed by atoms with Gasteiger partial charge in [0.05, 0.1) is 13.0 Å². The third kappa shape index (κ3) is 12.8. The van der Waals surface area contributed by atoms with Crippen LogP contribution in [-0.2, 0) is 23.9 Å². The Kier molecular flexibility index (Phi) is 15.9. The van der Waals surface area contributed by atoms with E-state index < -0.39 is 41.6 Å². The fraction of sp³-hybridized carbons (Fsp3) is 0.677. The van der Waals surface area contributed by atoms with Crippen LogP contribution >= 0.6 is 0 Å². The number of hydrogen-bond acceptors (Lipinski definition) is 7. The second-order valence-corrected chi connectivity index (χ2v) is 11.3. The smallest absolute Gasteiger partial charge is 0.408 e. The van der Waals surface area contributed by atoms with E-state index in [0.717, 1.165) is 25.7 Å². The Morgan fingerprint density at radius 1 is 1.00 bits per heavy atom. The number of carbonyl (C=O) groups is 4. The largest absolute Gasteiger partial charge is 0.508 e. The van der Waals surface area contributed by atoms with Crippen molar-refractivity contribution in [2.75, 3.05) is 19.7 Å². The van der Waals surface area contributed by atoms with Gasteiger partial charge in [0.25, 0.3) is 0 Å². The first-order valence-corrected chi connectivity index (χ1v) is 14.9. The second kappa shape index (κ2) is 18.2. The van der Waals surface area contributed by atoms with E-state index in [9.17, 15) is 24.3 Å². The fourth-order valence-electron chi connectivity index (χ4n) is 4.34. The molecule has 3 atom stereocenters. The van der Waals surface area contributed by atoms with E-state index in [1.54, 1.807) is 45.9 Å². The summed E-state index contributed by atoms with van der Waals surface area (Å²) in [6, 6.07) is 4.22. The van der Waals surface area contributed by atoms with Crippen LogP contribution in [0.2, 0.25) is 0 Å². The summed E-state index contributed by atoms with van der Waals surface area (Å²) in [4.78, 5) is 54.1. The number of phenolic OH excluding ortho intramolecular Hbond substituents is 1. The summed E-state index contributed by atoms with van der Waals surface area (Å²) in [5, 5.41) is 16.3. The van der Waals surface area contributed by atoms with Crippen LogP contribution in [0.1, 0.15) is 105 Å². The van der Waals surface area contributed by atoms with Gasteiger partial charge in [-0.3, -0.25) is 14.4 Å². The molecule has 0 saturated heterocycles. The summed E-state index contributed by atoms with van der Waals surface area (Å²) < 4.78 is 10.4. The molecule has 1 aromatic rings. The average Bonchev–Trinajstić information content (AvgIpc) is 2.90. The van der Waals surface area contributed by atoms with Gasteiger partial charge in [-0.15, -0.1) is 0 Å². The van der Waals surface area contributed by atoms with Crippen molar-refractivity contribution in [3.8, 4) is 5.75 Å². The molecule has 232 valence electrons. The van der Waals surface area contributed by atoms with Crippen LogP contribution in [-0.4, -0.2) is 65.2 Å². The van der Waals surface area contributed by atoms with Gasteiger partial charge in [-0.05, 0) is 46.1 Å². The Labute approximate surface area is 245 Å². The van der Waals surface area contributed by atoms with E-state index >= 15 is 0 Å². The number of para-hydroxylation sites is 1.